The van der Waals surface area contributed by atoms with Crippen molar-refractivity contribution in [2.45, 2.75) is 25.3 Å². The highest BCUT2D eigenvalue weighted by Gasteiger charge is 2.23. The maximum absolute atomic E-state index is 12.2. The number of nitrogens with zero attached hydrogens (tertiary/aromatic N) is 4. The molecule has 132 valence electrons. The van der Waals surface area contributed by atoms with Gasteiger partial charge in [0, 0.05) is 55.4 Å². The topological polar surface area (TPSA) is 74.8 Å². The number of rotatable bonds is 4. The third-order valence-corrected chi connectivity index (χ3v) is 4.77. The van der Waals surface area contributed by atoms with Crippen LogP contribution in [0.3, 0.4) is 0 Å². The number of aromatic nitrogens is 4. The van der Waals surface area contributed by atoms with Crippen molar-refractivity contribution >= 4 is 0 Å². The second-order valence-electron chi connectivity index (χ2n) is 6.69. The van der Waals surface area contributed by atoms with Crippen LogP contribution in [-0.4, -0.2) is 37.9 Å². The molecular weight excluding hydrogens is 326 g/mol. The van der Waals surface area contributed by atoms with E-state index in [0.29, 0.717) is 5.82 Å². The van der Waals surface area contributed by atoms with Gasteiger partial charge >= 0.3 is 0 Å². The van der Waals surface area contributed by atoms with Crippen molar-refractivity contribution in [2.75, 3.05) is 13.1 Å². The lowest BCUT2D eigenvalue weighted by molar-refractivity contribution is 0.198. The van der Waals surface area contributed by atoms with Crippen LogP contribution in [0.1, 0.15) is 30.0 Å². The Morgan fingerprint density at radius 3 is 2.85 bits per heavy atom. The summed E-state index contributed by atoms with van der Waals surface area (Å²) in [5, 5.41) is 0. The van der Waals surface area contributed by atoms with Crippen molar-refractivity contribution in [3.8, 4) is 11.4 Å². The van der Waals surface area contributed by atoms with E-state index in [9.17, 15) is 4.79 Å². The van der Waals surface area contributed by atoms with E-state index in [1.54, 1.807) is 24.7 Å². The Balaban J connectivity index is 1.55. The number of likely N-dealkylation sites (tertiary alicyclic amines) is 1. The summed E-state index contributed by atoms with van der Waals surface area (Å²) in [4.78, 5) is 30.4. The van der Waals surface area contributed by atoms with Gasteiger partial charge in [0.05, 0.1) is 5.69 Å². The fourth-order valence-electron chi connectivity index (χ4n) is 3.52. The van der Waals surface area contributed by atoms with Gasteiger partial charge in [0.1, 0.15) is 5.82 Å². The second kappa shape index (κ2) is 7.58. The predicted molar refractivity (Wildman–Crippen MR) is 99.6 cm³/mol. The zero-order valence-corrected chi connectivity index (χ0v) is 14.5. The molecule has 0 aromatic carbocycles. The molecular formula is C20H21N5O. The van der Waals surface area contributed by atoms with Crippen molar-refractivity contribution in [3.05, 3.63) is 76.7 Å². The SMILES string of the molecule is O=c1cc([C@@H]2CCCN(Cc3cccnc3)C2)nc(-c2ccncc2)[nH]1. The normalized spacial score (nSPS) is 17.9. The first-order valence-corrected chi connectivity index (χ1v) is 8.91. The Kier molecular flexibility index (Phi) is 4.84. The van der Waals surface area contributed by atoms with Crippen LogP contribution in [0, 0.1) is 0 Å². The molecule has 1 fully saturated rings. The van der Waals surface area contributed by atoms with E-state index in [1.165, 1.54) is 5.56 Å². The molecule has 1 N–H and O–H groups in total. The molecule has 0 radical (unpaired) electrons. The molecule has 6 nitrogen and oxygen atoms in total. The number of hydrogen-bond acceptors (Lipinski definition) is 5. The lowest BCUT2D eigenvalue weighted by Crippen LogP contribution is -2.34. The van der Waals surface area contributed by atoms with Gasteiger partial charge < -0.3 is 4.98 Å². The van der Waals surface area contributed by atoms with Crippen LogP contribution < -0.4 is 5.56 Å². The molecule has 1 aliphatic rings. The minimum atomic E-state index is -0.105. The second-order valence-corrected chi connectivity index (χ2v) is 6.69. The summed E-state index contributed by atoms with van der Waals surface area (Å²) in [6, 6.07) is 9.43. The van der Waals surface area contributed by atoms with E-state index >= 15 is 0 Å². The van der Waals surface area contributed by atoms with Crippen molar-refractivity contribution in [1.82, 2.24) is 24.8 Å². The van der Waals surface area contributed by atoms with Crippen LogP contribution in [0.2, 0.25) is 0 Å². The molecule has 4 heterocycles. The summed E-state index contributed by atoms with van der Waals surface area (Å²) in [5.74, 6) is 0.877. The first kappa shape index (κ1) is 16.6. The molecule has 0 amide bonds. The Bertz CT molecular complexity index is 910. The number of pyridine rings is 2. The fourth-order valence-corrected chi connectivity index (χ4v) is 3.52. The molecule has 0 saturated carbocycles. The average molecular weight is 347 g/mol. The maximum atomic E-state index is 12.2. The summed E-state index contributed by atoms with van der Waals surface area (Å²) in [6.45, 7) is 2.84. The number of H-pyrrole nitrogens is 1. The lowest BCUT2D eigenvalue weighted by Gasteiger charge is -2.32. The number of hydrogen-bond donors (Lipinski definition) is 1. The summed E-state index contributed by atoms with van der Waals surface area (Å²) < 4.78 is 0. The van der Waals surface area contributed by atoms with E-state index in [-0.39, 0.29) is 11.5 Å². The quantitative estimate of drug-likeness (QED) is 0.785. The standard InChI is InChI=1S/C20H21N5O/c26-19-11-18(23-20(24-19)16-5-8-21-9-6-16)17-4-2-10-25(14-17)13-15-3-1-7-22-12-15/h1,3,5-9,11-12,17H,2,4,10,13-14H2,(H,23,24,26)/t17-/m1/s1. The summed E-state index contributed by atoms with van der Waals surface area (Å²) >= 11 is 0. The molecule has 3 aromatic rings. The van der Waals surface area contributed by atoms with Crippen LogP contribution in [0.15, 0.2) is 59.9 Å². The average Bonchev–Trinajstić information content (AvgIpc) is 2.69. The molecule has 0 aliphatic carbocycles. The maximum Gasteiger partial charge on any atom is 0.251 e. The molecule has 26 heavy (non-hydrogen) atoms. The largest absolute Gasteiger partial charge is 0.307 e. The van der Waals surface area contributed by atoms with Crippen LogP contribution in [0.4, 0.5) is 0 Å². The van der Waals surface area contributed by atoms with E-state index in [4.69, 9.17) is 4.98 Å². The Hall–Kier alpha value is -2.86. The number of nitrogens with one attached hydrogen (secondary N) is 1. The Morgan fingerprint density at radius 1 is 1.15 bits per heavy atom. The Labute approximate surface area is 152 Å². The fraction of sp³-hybridized carbons (Fsp3) is 0.300. The smallest absolute Gasteiger partial charge is 0.251 e. The highest BCUT2D eigenvalue weighted by atomic mass is 16.1. The molecule has 6 heteroatoms. The number of aromatic amines is 1. The van der Waals surface area contributed by atoms with Gasteiger partial charge in [0.25, 0.3) is 5.56 Å². The van der Waals surface area contributed by atoms with Crippen molar-refractivity contribution in [2.24, 2.45) is 0 Å². The van der Waals surface area contributed by atoms with Gasteiger partial charge in [0.15, 0.2) is 0 Å². The molecule has 3 aromatic heterocycles. The van der Waals surface area contributed by atoms with E-state index in [1.807, 2.05) is 24.4 Å². The van der Waals surface area contributed by atoms with Crippen LogP contribution in [0.5, 0.6) is 0 Å². The van der Waals surface area contributed by atoms with Crippen LogP contribution in [-0.2, 0) is 6.54 Å². The number of piperidine rings is 1. The van der Waals surface area contributed by atoms with Gasteiger partial charge in [-0.25, -0.2) is 4.98 Å². The molecule has 1 saturated heterocycles. The Morgan fingerprint density at radius 2 is 2.04 bits per heavy atom. The third kappa shape index (κ3) is 3.86. The van der Waals surface area contributed by atoms with Crippen molar-refractivity contribution in [1.29, 1.82) is 0 Å². The van der Waals surface area contributed by atoms with Gasteiger partial charge in [0.2, 0.25) is 0 Å². The van der Waals surface area contributed by atoms with Gasteiger partial charge in [-0.1, -0.05) is 6.07 Å². The first-order valence-electron chi connectivity index (χ1n) is 8.91. The highest BCUT2D eigenvalue weighted by molar-refractivity contribution is 5.53. The molecule has 1 aliphatic heterocycles. The first-order chi connectivity index (χ1) is 12.8. The molecule has 0 bridgehead atoms. The van der Waals surface area contributed by atoms with E-state index < -0.39 is 0 Å². The third-order valence-electron chi connectivity index (χ3n) is 4.77. The van der Waals surface area contributed by atoms with E-state index in [2.05, 4.69) is 25.9 Å². The van der Waals surface area contributed by atoms with Gasteiger partial charge in [-0.05, 0) is 43.1 Å². The summed E-state index contributed by atoms with van der Waals surface area (Å²) in [6.07, 6.45) is 9.27. The van der Waals surface area contributed by atoms with Crippen LogP contribution in [0.25, 0.3) is 11.4 Å². The zero-order chi connectivity index (χ0) is 17.8. The lowest BCUT2D eigenvalue weighted by atomic mass is 9.94. The zero-order valence-electron chi connectivity index (χ0n) is 14.5. The predicted octanol–water partition coefficient (Wildman–Crippen LogP) is 2.61. The van der Waals surface area contributed by atoms with Gasteiger partial charge in [-0.3, -0.25) is 19.7 Å². The monoisotopic (exact) mass is 347 g/mol. The molecule has 4 rings (SSSR count). The van der Waals surface area contributed by atoms with Gasteiger partial charge in [-0.2, -0.15) is 0 Å². The van der Waals surface area contributed by atoms with Gasteiger partial charge in [-0.15, -0.1) is 0 Å². The minimum Gasteiger partial charge on any atom is -0.307 e. The molecule has 0 spiro atoms. The van der Waals surface area contributed by atoms with Crippen molar-refractivity contribution in [3.63, 3.8) is 0 Å². The molecule has 1 atom stereocenters. The van der Waals surface area contributed by atoms with E-state index in [0.717, 1.165) is 43.7 Å². The highest BCUT2D eigenvalue weighted by Crippen LogP contribution is 2.27. The van der Waals surface area contributed by atoms with Crippen LogP contribution >= 0.6 is 0 Å². The summed E-state index contributed by atoms with van der Waals surface area (Å²) in [5.41, 5.74) is 2.86. The van der Waals surface area contributed by atoms with Crippen molar-refractivity contribution < 1.29 is 0 Å². The molecule has 0 unspecified atom stereocenters. The summed E-state index contributed by atoms with van der Waals surface area (Å²) in [7, 11) is 0. The minimum absolute atomic E-state index is 0.105.